The molecule has 1 aliphatic heterocycles. The zero-order valence-corrected chi connectivity index (χ0v) is 10.7. The molecule has 104 valence electrons. The number of hydrogen-bond donors (Lipinski definition) is 1. The van der Waals surface area contributed by atoms with Gasteiger partial charge in [0.1, 0.15) is 0 Å². The van der Waals surface area contributed by atoms with Crippen LogP contribution >= 0.6 is 0 Å². The summed E-state index contributed by atoms with van der Waals surface area (Å²) in [7, 11) is 0. The minimum Gasteiger partial charge on any atom is -0.384 e. The van der Waals surface area contributed by atoms with Crippen molar-refractivity contribution in [1.29, 1.82) is 0 Å². The Hall–Kier alpha value is -1.97. The van der Waals surface area contributed by atoms with Gasteiger partial charge in [0.2, 0.25) is 0 Å². The fourth-order valence-corrected chi connectivity index (χ4v) is 2.82. The van der Waals surface area contributed by atoms with E-state index in [4.69, 9.17) is 0 Å². The minimum atomic E-state index is -4.32. The van der Waals surface area contributed by atoms with E-state index in [1.54, 1.807) is 6.07 Å². The molecule has 0 saturated heterocycles. The van der Waals surface area contributed by atoms with Crippen LogP contribution in [0.15, 0.2) is 48.5 Å². The Bertz CT molecular complexity index is 605. The second kappa shape index (κ2) is 4.85. The zero-order chi connectivity index (χ0) is 14.2. The molecule has 0 spiro atoms. The maximum Gasteiger partial charge on any atom is 0.418 e. The third kappa shape index (κ3) is 2.26. The summed E-state index contributed by atoms with van der Waals surface area (Å²) in [6.07, 6.45) is -3.52. The van der Waals surface area contributed by atoms with Gasteiger partial charge in [-0.3, -0.25) is 0 Å². The molecular weight excluding hydrogens is 263 g/mol. The zero-order valence-electron chi connectivity index (χ0n) is 10.7. The number of fused-ring (bicyclic) bond motifs is 1. The van der Waals surface area contributed by atoms with Crippen molar-refractivity contribution in [3.63, 3.8) is 0 Å². The van der Waals surface area contributed by atoms with Gasteiger partial charge in [-0.2, -0.15) is 13.2 Å². The standard InChI is InChI=1S/C16H14F3N/c17-16(18,19)14-8-4-7-13-12(9-10-20-15(13)14)11-5-2-1-3-6-11/h1-8,12,20H,9-10H2. The summed E-state index contributed by atoms with van der Waals surface area (Å²) in [6, 6.07) is 14.1. The average Bonchev–Trinajstić information content (AvgIpc) is 2.46. The fraction of sp³-hybridized carbons (Fsp3) is 0.250. The van der Waals surface area contributed by atoms with E-state index in [0.717, 1.165) is 23.6 Å². The maximum absolute atomic E-state index is 13.1. The highest BCUT2D eigenvalue weighted by Gasteiger charge is 2.36. The molecule has 4 heteroatoms. The van der Waals surface area contributed by atoms with E-state index >= 15 is 0 Å². The molecule has 1 N–H and O–H groups in total. The Kier molecular flexibility index (Phi) is 3.16. The van der Waals surface area contributed by atoms with E-state index in [-0.39, 0.29) is 11.6 Å². The first-order chi connectivity index (χ1) is 9.57. The van der Waals surface area contributed by atoms with Crippen molar-refractivity contribution < 1.29 is 13.2 Å². The molecule has 1 heterocycles. The van der Waals surface area contributed by atoms with Crippen LogP contribution in [-0.4, -0.2) is 6.54 Å². The Balaban J connectivity index is 2.11. The summed E-state index contributed by atoms with van der Waals surface area (Å²) in [5.74, 6) is 0.0229. The van der Waals surface area contributed by atoms with Crippen LogP contribution in [0.3, 0.4) is 0 Å². The molecule has 1 unspecified atom stereocenters. The van der Waals surface area contributed by atoms with E-state index in [1.807, 2.05) is 30.3 Å². The highest BCUT2D eigenvalue weighted by molar-refractivity contribution is 5.63. The Morgan fingerprint density at radius 3 is 2.40 bits per heavy atom. The van der Waals surface area contributed by atoms with E-state index in [2.05, 4.69) is 5.32 Å². The monoisotopic (exact) mass is 277 g/mol. The molecule has 0 fully saturated rings. The van der Waals surface area contributed by atoms with Crippen LogP contribution in [-0.2, 0) is 6.18 Å². The lowest BCUT2D eigenvalue weighted by molar-refractivity contribution is -0.137. The van der Waals surface area contributed by atoms with E-state index < -0.39 is 11.7 Å². The predicted octanol–water partition coefficient (Wildman–Crippen LogP) is 4.65. The van der Waals surface area contributed by atoms with Crippen LogP contribution in [0.5, 0.6) is 0 Å². The number of rotatable bonds is 1. The van der Waals surface area contributed by atoms with Gasteiger partial charge in [0, 0.05) is 12.5 Å². The average molecular weight is 277 g/mol. The second-order valence-corrected chi connectivity index (χ2v) is 4.95. The first-order valence-electron chi connectivity index (χ1n) is 6.56. The number of para-hydroxylation sites is 1. The molecule has 1 aliphatic rings. The van der Waals surface area contributed by atoms with Crippen LogP contribution in [0, 0.1) is 0 Å². The number of halogens is 3. The van der Waals surface area contributed by atoms with Gasteiger partial charge in [-0.1, -0.05) is 42.5 Å². The molecule has 0 aliphatic carbocycles. The van der Waals surface area contributed by atoms with Crippen LogP contribution < -0.4 is 5.32 Å². The van der Waals surface area contributed by atoms with Crippen molar-refractivity contribution >= 4 is 5.69 Å². The molecule has 0 amide bonds. The number of alkyl halides is 3. The van der Waals surface area contributed by atoms with Gasteiger partial charge in [0.05, 0.1) is 11.3 Å². The minimum absolute atomic E-state index is 0.0229. The van der Waals surface area contributed by atoms with Crippen LogP contribution in [0.2, 0.25) is 0 Å². The van der Waals surface area contributed by atoms with Gasteiger partial charge in [0.25, 0.3) is 0 Å². The van der Waals surface area contributed by atoms with Gasteiger partial charge in [-0.05, 0) is 23.6 Å². The lowest BCUT2D eigenvalue weighted by Gasteiger charge is -2.29. The third-order valence-corrected chi connectivity index (χ3v) is 3.71. The molecule has 0 bridgehead atoms. The molecule has 3 rings (SSSR count). The Morgan fingerprint density at radius 1 is 0.950 bits per heavy atom. The smallest absolute Gasteiger partial charge is 0.384 e. The number of nitrogens with one attached hydrogen (secondary N) is 1. The van der Waals surface area contributed by atoms with Crippen LogP contribution in [0.4, 0.5) is 18.9 Å². The van der Waals surface area contributed by atoms with Crippen LogP contribution in [0.1, 0.15) is 29.0 Å². The molecule has 1 atom stereocenters. The van der Waals surface area contributed by atoms with Crippen molar-refractivity contribution in [2.75, 3.05) is 11.9 Å². The molecule has 2 aromatic rings. The summed E-state index contributed by atoms with van der Waals surface area (Å²) >= 11 is 0. The largest absolute Gasteiger partial charge is 0.418 e. The quantitative estimate of drug-likeness (QED) is 0.799. The molecule has 0 saturated carbocycles. The van der Waals surface area contributed by atoms with Gasteiger partial charge in [0.15, 0.2) is 0 Å². The number of anilines is 1. The van der Waals surface area contributed by atoms with Gasteiger partial charge in [-0.25, -0.2) is 0 Å². The summed E-state index contributed by atoms with van der Waals surface area (Å²) < 4.78 is 39.2. The van der Waals surface area contributed by atoms with Crippen molar-refractivity contribution in [1.82, 2.24) is 0 Å². The van der Waals surface area contributed by atoms with Gasteiger partial charge < -0.3 is 5.32 Å². The van der Waals surface area contributed by atoms with E-state index in [1.165, 1.54) is 6.07 Å². The molecular formula is C16H14F3N. The topological polar surface area (TPSA) is 12.0 Å². The highest BCUT2D eigenvalue weighted by atomic mass is 19.4. The summed E-state index contributed by atoms with van der Waals surface area (Å²) in [6.45, 7) is 0.555. The second-order valence-electron chi connectivity index (χ2n) is 4.95. The Labute approximate surface area is 115 Å². The van der Waals surface area contributed by atoms with Crippen LogP contribution in [0.25, 0.3) is 0 Å². The van der Waals surface area contributed by atoms with E-state index in [0.29, 0.717) is 6.54 Å². The summed E-state index contributed by atoms with van der Waals surface area (Å²) in [5, 5.41) is 2.92. The number of hydrogen-bond acceptors (Lipinski definition) is 1. The first kappa shape index (κ1) is 13.0. The molecule has 20 heavy (non-hydrogen) atoms. The lowest BCUT2D eigenvalue weighted by Crippen LogP contribution is -2.21. The predicted molar refractivity (Wildman–Crippen MR) is 72.8 cm³/mol. The van der Waals surface area contributed by atoms with Gasteiger partial charge in [-0.15, -0.1) is 0 Å². The first-order valence-corrected chi connectivity index (χ1v) is 6.56. The maximum atomic E-state index is 13.1. The molecule has 0 aromatic heterocycles. The summed E-state index contributed by atoms with van der Waals surface area (Å²) in [4.78, 5) is 0. The highest BCUT2D eigenvalue weighted by Crippen LogP contribution is 2.43. The molecule has 0 radical (unpaired) electrons. The molecule has 2 aromatic carbocycles. The SMILES string of the molecule is FC(F)(F)c1cccc2c1NCCC2c1ccccc1. The van der Waals surface area contributed by atoms with Crippen molar-refractivity contribution in [2.24, 2.45) is 0 Å². The Morgan fingerprint density at radius 2 is 1.70 bits per heavy atom. The van der Waals surface area contributed by atoms with Crippen molar-refractivity contribution in [3.8, 4) is 0 Å². The normalized spacial score (nSPS) is 18.2. The summed E-state index contributed by atoms with van der Waals surface area (Å²) in [5.41, 5.74) is 1.46. The van der Waals surface area contributed by atoms with Crippen molar-refractivity contribution in [2.45, 2.75) is 18.5 Å². The fourth-order valence-electron chi connectivity index (χ4n) is 2.82. The van der Waals surface area contributed by atoms with Crippen molar-refractivity contribution in [3.05, 3.63) is 65.2 Å². The lowest BCUT2D eigenvalue weighted by atomic mass is 9.84. The van der Waals surface area contributed by atoms with Gasteiger partial charge >= 0.3 is 6.18 Å². The van der Waals surface area contributed by atoms with E-state index in [9.17, 15) is 13.2 Å². The third-order valence-electron chi connectivity index (χ3n) is 3.71. The molecule has 1 nitrogen and oxygen atoms in total. The number of benzene rings is 2.